The number of aromatic amines is 1. The molecule has 5 nitrogen and oxygen atoms in total. The van der Waals surface area contributed by atoms with E-state index in [-0.39, 0.29) is 17.7 Å². The van der Waals surface area contributed by atoms with Crippen LogP contribution in [0.2, 0.25) is 10.0 Å². The predicted octanol–water partition coefficient (Wildman–Crippen LogP) is 5.01. The number of allylic oxidation sites excluding steroid dienone is 2. The number of benzene rings is 1. The van der Waals surface area contributed by atoms with E-state index in [0.29, 0.717) is 16.1 Å². The van der Waals surface area contributed by atoms with Gasteiger partial charge in [-0.1, -0.05) is 29.3 Å². The summed E-state index contributed by atoms with van der Waals surface area (Å²) in [4.78, 5) is 18.1. The molecule has 0 radical (unpaired) electrons. The average Bonchev–Trinajstić information content (AvgIpc) is 3.07. The third-order valence-electron chi connectivity index (χ3n) is 5.36. The molecule has 29 heavy (non-hydrogen) atoms. The van der Waals surface area contributed by atoms with Crippen molar-refractivity contribution in [2.45, 2.75) is 37.8 Å². The smallest absolute Gasteiger partial charge is 0.286 e. The number of H-pyrrole nitrogens is 1. The van der Waals surface area contributed by atoms with Gasteiger partial charge in [-0.2, -0.15) is 0 Å². The highest BCUT2D eigenvalue weighted by atomic mass is 35.5. The zero-order valence-corrected chi connectivity index (χ0v) is 18.5. The molecule has 3 rings (SSSR count). The molecule has 0 bridgehead atoms. The van der Waals surface area contributed by atoms with Crippen molar-refractivity contribution in [1.29, 1.82) is 0 Å². The minimum Gasteiger partial charge on any atom is -0.491 e. The Hall–Kier alpha value is -1.95. The number of halogens is 2. The van der Waals surface area contributed by atoms with Gasteiger partial charge in [0.15, 0.2) is 5.76 Å². The Labute approximate surface area is 181 Å². The van der Waals surface area contributed by atoms with E-state index < -0.39 is 0 Å². The minimum atomic E-state index is -0.184. The topological polar surface area (TPSA) is 57.4 Å². The van der Waals surface area contributed by atoms with Crippen LogP contribution in [0.3, 0.4) is 0 Å². The first kappa shape index (κ1) is 21.8. The molecule has 0 aliphatic heterocycles. The standard InChI is InChI=1S/C22H27Cl2N3O2/c1-27(2)17-8-4-6-16(12-17)26-22(28)21(29-3)9-5-7-15-10-14-11-18(23)19(24)13-20(14)25-15/h5,7,9-11,13,16-17,25H,4,6,8,12H2,1-3H3,(H,26,28). The Morgan fingerprint density at radius 2 is 2.00 bits per heavy atom. The number of hydrogen-bond acceptors (Lipinski definition) is 3. The lowest BCUT2D eigenvalue weighted by atomic mass is 9.90. The normalized spacial score (nSPS) is 20.6. The van der Waals surface area contributed by atoms with Gasteiger partial charge in [0, 0.05) is 28.7 Å². The van der Waals surface area contributed by atoms with Crippen molar-refractivity contribution >= 4 is 46.1 Å². The average molecular weight is 436 g/mol. The van der Waals surface area contributed by atoms with E-state index in [0.717, 1.165) is 35.9 Å². The number of aromatic nitrogens is 1. The molecular formula is C22H27Cl2N3O2. The summed E-state index contributed by atoms with van der Waals surface area (Å²) in [6.45, 7) is 0. The van der Waals surface area contributed by atoms with Gasteiger partial charge in [-0.05, 0) is 70.1 Å². The van der Waals surface area contributed by atoms with Crippen LogP contribution in [-0.4, -0.2) is 49.1 Å². The van der Waals surface area contributed by atoms with Crippen LogP contribution in [0.4, 0.5) is 0 Å². The molecule has 0 spiro atoms. The summed E-state index contributed by atoms with van der Waals surface area (Å²) >= 11 is 12.1. The first-order chi connectivity index (χ1) is 13.9. The van der Waals surface area contributed by atoms with Gasteiger partial charge in [0.05, 0.1) is 17.2 Å². The quantitative estimate of drug-likeness (QED) is 0.380. The molecule has 1 aliphatic carbocycles. The van der Waals surface area contributed by atoms with E-state index in [4.69, 9.17) is 27.9 Å². The number of nitrogens with zero attached hydrogens (tertiary/aromatic N) is 1. The number of ether oxygens (including phenoxy) is 1. The summed E-state index contributed by atoms with van der Waals surface area (Å²) in [7, 11) is 5.69. The lowest BCUT2D eigenvalue weighted by Crippen LogP contribution is -2.44. The number of amides is 1. The summed E-state index contributed by atoms with van der Waals surface area (Å²) in [5, 5.41) is 5.11. The van der Waals surface area contributed by atoms with E-state index in [2.05, 4.69) is 29.3 Å². The van der Waals surface area contributed by atoms with Crippen molar-refractivity contribution in [3.63, 3.8) is 0 Å². The van der Waals surface area contributed by atoms with Gasteiger partial charge < -0.3 is 19.9 Å². The van der Waals surface area contributed by atoms with Crippen LogP contribution < -0.4 is 5.32 Å². The van der Waals surface area contributed by atoms with E-state index >= 15 is 0 Å². The van der Waals surface area contributed by atoms with Crippen molar-refractivity contribution in [2.24, 2.45) is 0 Å². The molecule has 2 aromatic rings. The number of methoxy groups -OCH3 is 1. The largest absolute Gasteiger partial charge is 0.491 e. The molecule has 156 valence electrons. The van der Waals surface area contributed by atoms with Crippen molar-refractivity contribution in [1.82, 2.24) is 15.2 Å². The van der Waals surface area contributed by atoms with Crippen molar-refractivity contribution < 1.29 is 9.53 Å². The van der Waals surface area contributed by atoms with Crippen molar-refractivity contribution in [3.8, 4) is 0 Å². The fourth-order valence-electron chi connectivity index (χ4n) is 3.74. The first-order valence-electron chi connectivity index (χ1n) is 9.74. The number of nitrogens with one attached hydrogen (secondary N) is 2. The highest BCUT2D eigenvalue weighted by Crippen LogP contribution is 2.28. The number of carbonyl (C=O) groups excluding carboxylic acids is 1. The molecule has 1 heterocycles. The molecule has 1 saturated carbocycles. The molecular weight excluding hydrogens is 409 g/mol. The maximum absolute atomic E-state index is 12.6. The predicted molar refractivity (Wildman–Crippen MR) is 120 cm³/mol. The van der Waals surface area contributed by atoms with E-state index in [1.165, 1.54) is 13.5 Å². The molecule has 0 saturated heterocycles. The van der Waals surface area contributed by atoms with Gasteiger partial charge in [0.25, 0.3) is 5.91 Å². The SMILES string of the molecule is COC(=CC=Cc1cc2cc(Cl)c(Cl)cc2[nH]1)C(=O)NC1CCCC(N(C)C)C1. The monoisotopic (exact) mass is 435 g/mol. The zero-order chi connectivity index (χ0) is 21.0. The summed E-state index contributed by atoms with van der Waals surface area (Å²) in [5.41, 5.74) is 1.78. The molecule has 1 aromatic carbocycles. The second kappa shape index (κ2) is 9.70. The Balaban J connectivity index is 1.65. The fraction of sp³-hybridized carbons (Fsp3) is 0.409. The number of fused-ring (bicyclic) bond motifs is 1. The number of hydrogen-bond donors (Lipinski definition) is 2. The molecule has 7 heteroatoms. The molecule has 1 amide bonds. The van der Waals surface area contributed by atoms with Crippen LogP contribution in [0.5, 0.6) is 0 Å². The van der Waals surface area contributed by atoms with Gasteiger partial charge in [-0.3, -0.25) is 4.79 Å². The van der Waals surface area contributed by atoms with Crippen molar-refractivity contribution in [2.75, 3.05) is 21.2 Å². The second-order valence-corrected chi connectivity index (χ2v) is 8.44. The van der Waals surface area contributed by atoms with E-state index in [9.17, 15) is 4.79 Å². The van der Waals surface area contributed by atoms with Gasteiger partial charge in [0.1, 0.15) is 0 Å². The summed E-state index contributed by atoms with van der Waals surface area (Å²) < 4.78 is 5.30. The molecule has 2 atom stereocenters. The third-order valence-corrected chi connectivity index (χ3v) is 6.08. The lowest BCUT2D eigenvalue weighted by molar-refractivity contribution is -0.121. The minimum absolute atomic E-state index is 0.175. The van der Waals surface area contributed by atoms with Crippen LogP contribution in [-0.2, 0) is 9.53 Å². The molecule has 2 unspecified atom stereocenters. The van der Waals surface area contributed by atoms with Gasteiger partial charge in [-0.15, -0.1) is 0 Å². The highest BCUT2D eigenvalue weighted by molar-refractivity contribution is 6.42. The highest BCUT2D eigenvalue weighted by Gasteiger charge is 2.25. The summed E-state index contributed by atoms with van der Waals surface area (Å²) in [5.74, 6) is 0.104. The van der Waals surface area contributed by atoms with Crippen LogP contribution >= 0.6 is 23.2 Å². The maximum Gasteiger partial charge on any atom is 0.286 e. The first-order valence-corrected chi connectivity index (χ1v) is 10.5. The summed E-state index contributed by atoms with van der Waals surface area (Å²) in [6.07, 6.45) is 9.60. The number of carbonyl (C=O) groups is 1. The molecule has 2 N–H and O–H groups in total. The Kier molecular flexibility index (Phi) is 7.28. The van der Waals surface area contributed by atoms with Crippen LogP contribution in [0.25, 0.3) is 17.0 Å². The van der Waals surface area contributed by atoms with Gasteiger partial charge in [-0.25, -0.2) is 0 Å². The Morgan fingerprint density at radius 1 is 1.24 bits per heavy atom. The summed E-state index contributed by atoms with van der Waals surface area (Å²) in [6, 6.07) is 6.27. The van der Waals surface area contributed by atoms with E-state index in [1.54, 1.807) is 18.2 Å². The van der Waals surface area contributed by atoms with Gasteiger partial charge >= 0.3 is 0 Å². The van der Waals surface area contributed by atoms with Crippen molar-refractivity contribution in [3.05, 3.63) is 51.8 Å². The van der Waals surface area contributed by atoms with Crippen LogP contribution in [0, 0.1) is 0 Å². The molecule has 1 aromatic heterocycles. The van der Waals surface area contributed by atoms with Crippen LogP contribution in [0.15, 0.2) is 36.1 Å². The molecule has 1 fully saturated rings. The Morgan fingerprint density at radius 3 is 2.72 bits per heavy atom. The lowest BCUT2D eigenvalue weighted by Gasteiger charge is -2.33. The maximum atomic E-state index is 12.6. The van der Waals surface area contributed by atoms with E-state index in [1.807, 2.05) is 18.2 Å². The fourth-order valence-corrected chi connectivity index (χ4v) is 4.07. The number of rotatable bonds is 6. The third kappa shape index (κ3) is 5.56. The van der Waals surface area contributed by atoms with Gasteiger partial charge in [0.2, 0.25) is 0 Å². The zero-order valence-electron chi connectivity index (χ0n) is 17.0. The Bertz CT molecular complexity index is 895. The second-order valence-electron chi connectivity index (χ2n) is 7.63. The molecule has 1 aliphatic rings. The van der Waals surface area contributed by atoms with Crippen LogP contribution in [0.1, 0.15) is 31.4 Å².